The number of hydrogen-bond acceptors (Lipinski definition) is 6. The van der Waals surface area contributed by atoms with Gasteiger partial charge in [0.15, 0.2) is 0 Å². The summed E-state index contributed by atoms with van der Waals surface area (Å²) in [5.74, 6) is 0. The van der Waals surface area contributed by atoms with E-state index in [0.717, 1.165) is 25.4 Å². The maximum atomic E-state index is 10.3. The highest BCUT2D eigenvalue weighted by Gasteiger charge is 2.03. The summed E-state index contributed by atoms with van der Waals surface area (Å²) < 4.78 is 50.9. The van der Waals surface area contributed by atoms with Crippen LogP contribution >= 0.6 is 0 Å². The van der Waals surface area contributed by atoms with Gasteiger partial charge in [-0.1, -0.05) is 0 Å². The molecule has 0 radical (unpaired) electrons. The molecule has 2 rings (SSSR count). The quantitative estimate of drug-likeness (QED) is 0.481. The molecule has 0 saturated heterocycles. The van der Waals surface area contributed by atoms with Gasteiger partial charge in [-0.15, -0.1) is 8.80 Å². The van der Waals surface area contributed by atoms with Crippen molar-refractivity contribution >= 4 is 45.8 Å². The van der Waals surface area contributed by atoms with E-state index in [1.165, 1.54) is 0 Å². The molecule has 2 aliphatic heterocycles. The van der Waals surface area contributed by atoms with Crippen molar-refractivity contribution < 1.29 is 22.3 Å². The molecule has 0 aromatic heterocycles. The van der Waals surface area contributed by atoms with Crippen LogP contribution in [-0.2, 0) is 20.4 Å². The van der Waals surface area contributed by atoms with Gasteiger partial charge >= 0.3 is 20.4 Å². The van der Waals surface area contributed by atoms with E-state index in [2.05, 4.69) is 18.8 Å². The largest absolute Gasteiger partial charge is 0.412 e. The van der Waals surface area contributed by atoms with E-state index in [9.17, 15) is 16.8 Å². The van der Waals surface area contributed by atoms with Gasteiger partial charge in [-0.25, -0.2) is 9.98 Å². The smallest absolute Gasteiger partial charge is 0.344 e. The molecule has 2 aliphatic rings. The lowest BCUT2D eigenvalue weighted by atomic mass is 11.2. The van der Waals surface area contributed by atoms with Crippen LogP contribution in [0.2, 0.25) is 0 Å². The van der Waals surface area contributed by atoms with E-state index in [1.807, 2.05) is 9.44 Å². The van der Waals surface area contributed by atoms with Crippen molar-refractivity contribution in [2.24, 2.45) is 18.8 Å². The molecule has 0 atom stereocenters. The Balaban J connectivity index is 0.000000284. The minimum atomic E-state index is -3.41. The SMILES string of the molecule is O.O=S1(=O)N=CN=CN1.O=S1(=O)N=CN=CN1. The molecule has 2 heterocycles. The number of aliphatic imine (C=N–C) groups is 2. The van der Waals surface area contributed by atoms with Crippen LogP contribution in [0, 0.1) is 0 Å². The third kappa shape index (κ3) is 6.33. The Morgan fingerprint density at radius 3 is 1.24 bits per heavy atom. The van der Waals surface area contributed by atoms with E-state index < -0.39 is 20.4 Å². The summed E-state index contributed by atoms with van der Waals surface area (Å²) in [5, 5.41) is 0. The van der Waals surface area contributed by atoms with Crippen LogP contribution in [0.15, 0.2) is 18.8 Å². The summed E-state index contributed by atoms with van der Waals surface area (Å²) in [6.07, 6.45) is 4.04. The van der Waals surface area contributed by atoms with Gasteiger partial charge in [0.25, 0.3) is 0 Å². The van der Waals surface area contributed by atoms with Crippen molar-refractivity contribution in [1.82, 2.24) is 9.44 Å². The average molecular weight is 284 g/mol. The molecule has 0 bridgehead atoms. The van der Waals surface area contributed by atoms with E-state index >= 15 is 0 Å². The Hall–Kier alpha value is -1.86. The number of rotatable bonds is 0. The molecule has 0 saturated carbocycles. The fraction of sp³-hybridized carbons (Fsp3) is 0. The van der Waals surface area contributed by atoms with Gasteiger partial charge in [0.05, 0.1) is 0 Å². The summed E-state index contributed by atoms with van der Waals surface area (Å²) in [7, 11) is -6.83. The lowest BCUT2D eigenvalue weighted by molar-refractivity contribution is 0.593. The summed E-state index contributed by atoms with van der Waals surface area (Å²) in [4.78, 5) is 6.73. The molecule has 17 heavy (non-hydrogen) atoms. The van der Waals surface area contributed by atoms with Crippen LogP contribution in [0.4, 0.5) is 0 Å². The number of nitrogens with one attached hydrogen (secondary N) is 2. The van der Waals surface area contributed by atoms with Crippen LogP contribution in [-0.4, -0.2) is 47.7 Å². The maximum absolute atomic E-state index is 10.3. The normalized spacial score (nSPS) is 21.2. The van der Waals surface area contributed by atoms with Gasteiger partial charge in [0.2, 0.25) is 0 Å². The highest BCUT2D eigenvalue weighted by atomic mass is 32.2. The second-order valence-corrected chi connectivity index (χ2v) is 4.98. The summed E-state index contributed by atoms with van der Waals surface area (Å²) in [6.45, 7) is 0. The molecule has 13 heteroatoms. The molecule has 0 amide bonds. The first-order valence-electron chi connectivity index (χ1n) is 3.57. The summed E-state index contributed by atoms with van der Waals surface area (Å²) in [6, 6.07) is 0. The third-order valence-corrected chi connectivity index (χ3v) is 2.61. The van der Waals surface area contributed by atoms with Gasteiger partial charge in [-0.2, -0.15) is 16.8 Å². The van der Waals surface area contributed by atoms with Crippen molar-refractivity contribution in [3.05, 3.63) is 0 Å². The molecule has 0 spiro atoms. The van der Waals surface area contributed by atoms with E-state index in [1.54, 1.807) is 0 Å². The first-order valence-corrected chi connectivity index (χ1v) is 6.45. The lowest BCUT2D eigenvalue weighted by Gasteiger charge is -1.96. The zero-order valence-corrected chi connectivity index (χ0v) is 9.68. The number of nitrogens with zero attached hydrogens (tertiary/aromatic N) is 4. The second kappa shape index (κ2) is 6.02. The van der Waals surface area contributed by atoms with Gasteiger partial charge < -0.3 is 5.48 Å². The highest BCUT2D eigenvalue weighted by Crippen LogP contribution is 1.85. The van der Waals surface area contributed by atoms with Gasteiger partial charge in [0.1, 0.15) is 25.4 Å². The predicted octanol–water partition coefficient (Wildman–Crippen LogP) is -3.04. The van der Waals surface area contributed by atoms with Crippen molar-refractivity contribution in [3.63, 3.8) is 0 Å². The van der Waals surface area contributed by atoms with Crippen LogP contribution in [0.25, 0.3) is 0 Å². The van der Waals surface area contributed by atoms with Gasteiger partial charge in [-0.05, 0) is 0 Å². The predicted molar refractivity (Wildman–Crippen MR) is 61.7 cm³/mol. The molecule has 0 aromatic carbocycles. The Morgan fingerprint density at radius 2 is 1.12 bits per heavy atom. The molecule has 11 nitrogen and oxygen atoms in total. The van der Waals surface area contributed by atoms with Crippen LogP contribution in [0.1, 0.15) is 0 Å². The Kier molecular flexibility index (Phi) is 5.36. The van der Waals surface area contributed by atoms with Gasteiger partial charge in [-0.3, -0.25) is 9.44 Å². The van der Waals surface area contributed by atoms with E-state index in [0.29, 0.717) is 0 Å². The Morgan fingerprint density at radius 1 is 0.765 bits per heavy atom. The Labute approximate surface area is 96.8 Å². The maximum Gasteiger partial charge on any atom is 0.344 e. The monoisotopic (exact) mass is 284 g/mol. The highest BCUT2D eigenvalue weighted by molar-refractivity contribution is 7.89. The van der Waals surface area contributed by atoms with E-state index in [4.69, 9.17) is 0 Å². The topological polar surface area (TPSA) is 173 Å². The van der Waals surface area contributed by atoms with Crippen molar-refractivity contribution in [2.75, 3.05) is 0 Å². The lowest BCUT2D eigenvalue weighted by Crippen LogP contribution is -2.21. The number of hydrogen-bond donors (Lipinski definition) is 2. The molecule has 0 aliphatic carbocycles. The van der Waals surface area contributed by atoms with Gasteiger partial charge in [0, 0.05) is 0 Å². The van der Waals surface area contributed by atoms with Crippen LogP contribution < -0.4 is 9.44 Å². The molecule has 0 fully saturated rings. The van der Waals surface area contributed by atoms with Crippen LogP contribution in [0.3, 0.4) is 0 Å². The van der Waals surface area contributed by atoms with Crippen molar-refractivity contribution in [2.45, 2.75) is 0 Å². The summed E-state index contributed by atoms with van der Waals surface area (Å²) >= 11 is 0. The molecule has 0 aromatic rings. The first-order chi connectivity index (χ1) is 7.41. The van der Waals surface area contributed by atoms with Crippen LogP contribution in [0.5, 0.6) is 0 Å². The van der Waals surface area contributed by atoms with Crippen molar-refractivity contribution in [3.8, 4) is 0 Å². The zero-order chi connectivity index (χ0) is 12.1. The van der Waals surface area contributed by atoms with Crippen molar-refractivity contribution in [1.29, 1.82) is 0 Å². The minimum absolute atomic E-state index is 0. The summed E-state index contributed by atoms with van der Waals surface area (Å²) in [5.41, 5.74) is 0. The Bertz CT molecular complexity index is 505. The van der Waals surface area contributed by atoms with E-state index in [-0.39, 0.29) is 5.48 Å². The molecule has 0 unspecified atom stereocenters. The second-order valence-electron chi connectivity index (χ2n) is 2.18. The fourth-order valence-corrected chi connectivity index (χ4v) is 1.37. The zero-order valence-electron chi connectivity index (χ0n) is 8.05. The molecule has 96 valence electrons. The molecular weight excluding hydrogens is 276 g/mol. The molecule has 4 N–H and O–H groups in total. The standard InChI is InChI=1S/2C2H3N3O2S.H2O/c2*6-8(7)4-1-3-2-5-8;/h2*1-2H,(H,3,4,5);1H2. The average Bonchev–Trinajstić information content (AvgIpc) is 2.17. The fourth-order valence-electron chi connectivity index (χ4n) is 0.500. The third-order valence-electron chi connectivity index (χ3n) is 1.06. The first kappa shape index (κ1) is 15.1. The minimum Gasteiger partial charge on any atom is -0.412 e. The molecular formula is C4H8N6O5S2.